The molecular weight excluding hydrogens is 218 g/mol. The molecule has 0 aliphatic rings. The minimum Gasteiger partial charge on any atom is -0.461 e. The van der Waals surface area contributed by atoms with Crippen molar-refractivity contribution in [2.75, 3.05) is 5.32 Å². The van der Waals surface area contributed by atoms with Crippen LogP contribution in [0.3, 0.4) is 0 Å². The van der Waals surface area contributed by atoms with Crippen LogP contribution < -0.4 is 5.32 Å². The fourth-order valence-corrected chi connectivity index (χ4v) is 1.22. The van der Waals surface area contributed by atoms with E-state index in [1.54, 1.807) is 6.07 Å². The lowest BCUT2D eigenvalue weighted by molar-refractivity contribution is -0.142. The number of hydrogen-bond acceptors (Lipinski definition) is 3. The highest BCUT2D eigenvalue weighted by Gasteiger charge is 2.10. The van der Waals surface area contributed by atoms with Gasteiger partial charge in [-0.1, -0.05) is 32.0 Å². The SMILES string of the molecule is CC(=O)OCc1ccccc1NC(=O)C(C)C. The monoisotopic (exact) mass is 235 g/mol. The van der Waals surface area contributed by atoms with Crippen molar-refractivity contribution in [3.63, 3.8) is 0 Å². The maximum absolute atomic E-state index is 11.6. The van der Waals surface area contributed by atoms with Gasteiger partial charge in [0.1, 0.15) is 6.61 Å². The summed E-state index contributed by atoms with van der Waals surface area (Å²) in [6.07, 6.45) is 0. The number of ether oxygens (including phenoxy) is 1. The second-order valence-corrected chi connectivity index (χ2v) is 4.08. The summed E-state index contributed by atoms with van der Waals surface area (Å²) in [6.45, 7) is 5.17. The zero-order valence-electron chi connectivity index (χ0n) is 10.3. The van der Waals surface area contributed by atoms with Gasteiger partial charge in [0, 0.05) is 24.1 Å². The quantitative estimate of drug-likeness (QED) is 0.815. The topological polar surface area (TPSA) is 55.4 Å². The first kappa shape index (κ1) is 13.2. The number of benzene rings is 1. The number of para-hydroxylation sites is 1. The minimum atomic E-state index is -0.338. The van der Waals surface area contributed by atoms with Crippen molar-refractivity contribution in [1.29, 1.82) is 0 Å². The van der Waals surface area contributed by atoms with Crippen LogP contribution in [-0.2, 0) is 20.9 Å². The normalized spacial score (nSPS) is 10.1. The lowest BCUT2D eigenvalue weighted by atomic mass is 10.1. The molecule has 0 spiro atoms. The first-order valence-corrected chi connectivity index (χ1v) is 5.53. The molecule has 0 atom stereocenters. The Labute approximate surface area is 101 Å². The van der Waals surface area contributed by atoms with Crippen LogP contribution in [0, 0.1) is 5.92 Å². The predicted molar refractivity (Wildman–Crippen MR) is 65.4 cm³/mol. The lowest BCUT2D eigenvalue weighted by Crippen LogP contribution is -2.18. The molecule has 0 aliphatic heterocycles. The zero-order valence-corrected chi connectivity index (χ0v) is 10.3. The fourth-order valence-electron chi connectivity index (χ4n) is 1.22. The van der Waals surface area contributed by atoms with E-state index in [9.17, 15) is 9.59 Å². The summed E-state index contributed by atoms with van der Waals surface area (Å²) >= 11 is 0. The Morgan fingerprint density at radius 3 is 2.53 bits per heavy atom. The van der Waals surface area contributed by atoms with Gasteiger partial charge >= 0.3 is 5.97 Å². The molecule has 0 aliphatic carbocycles. The number of nitrogens with one attached hydrogen (secondary N) is 1. The van der Waals surface area contributed by atoms with Crippen LogP contribution >= 0.6 is 0 Å². The predicted octanol–water partition coefficient (Wildman–Crippen LogP) is 2.34. The standard InChI is InChI=1S/C13H17NO3/c1-9(2)13(16)14-12-7-5-4-6-11(12)8-17-10(3)15/h4-7,9H,8H2,1-3H3,(H,14,16). The molecule has 1 amide bonds. The summed E-state index contributed by atoms with van der Waals surface area (Å²) in [5, 5.41) is 2.80. The second kappa shape index (κ2) is 6.03. The summed E-state index contributed by atoms with van der Waals surface area (Å²) in [6, 6.07) is 7.27. The van der Waals surface area contributed by atoms with Crippen molar-refractivity contribution in [2.45, 2.75) is 27.4 Å². The van der Waals surface area contributed by atoms with Crippen molar-refractivity contribution in [2.24, 2.45) is 5.92 Å². The molecule has 0 unspecified atom stereocenters. The number of anilines is 1. The largest absolute Gasteiger partial charge is 0.461 e. The van der Waals surface area contributed by atoms with Crippen LogP contribution in [0.5, 0.6) is 0 Å². The van der Waals surface area contributed by atoms with E-state index < -0.39 is 0 Å². The Balaban J connectivity index is 2.77. The van der Waals surface area contributed by atoms with E-state index in [1.807, 2.05) is 32.0 Å². The van der Waals surface area contributed by atoms with Gasteiger partial charge in [-0.15, -0.1) is 0 Å². The zero-order chi connectivity index (χ0) is 12.8. The number of carbonyl (C=O) groups is 2. The maximum Gasteiger partial charge on any atom is 0.302 e. The Bertz CT molecular complexity index is 413. The fraction of sp³-hybridized carbons (Fsp3) is 0.385. The summed E-state index contributed by atoms with van der Waals surface area (Å²) in [7, 11) is 0. The summed E-state index contributed by atoms with van der Waals surface area (Å²) < 4.78 is 4.92. The average Bonchev–Trinajstić information content (AvgIpc) is 2.27. The van der Waals surface area contributed by atoms with Gasteiger partial charge in [-0.3, -0.25) is 9.59 Å². The van der Waals surface area contributed by atoms with Crippen molar-refractivity contribution >= 4 is 17.6 Å². The first-order chi connectivity index (χ1) is 8.00. The van der Waals surface area contributed by atoms with Gasteiger partial charge in [-0.25, -0.2) is 0 Å². The molecule has 4 heteroatoms. The number of esters is 1. The van der Waals surface area contributed by atoms with Crippen LogP contribution in [-0.4, -0.2) is 11.9 Å². The summed E-state index contributed by atoms with van der Waals surface area (Å²) in [5.74, 6) is -0.480. The smallest absolute Gasteiger partial charge is 0.302 e. The van der Waals surface area contributed by atoms with Crippen molar-refractivity contribution in [3.8, 4) is 0 Å². The summed E-state index contributed by atoms with van der Waals surface area (Å²) in [4.78, 5) is 22.3. The third-order valence-corrected chi connectivity index (χ3v) is 2.23. The molecule has 92 valence electrons. The van der Waals surface area contributed by atoms with Gasteiger partial charge in [-0.05, 0) is 6.07 Å². The van der Waals surface area contributed by atoms with E-state index in [4.69, 9.17) is 4.74 Å². The first-order valence-electron chi connectivity index (χ1n) is 5.53. The third-order valence-electron chi connectivity index (χ3n) is 2.23. The van der Waals surface area contributed by atoms with Gasteiger partial charge in [0.15, 0.2) is 0 Å². The van der Waals surface area contributed by atoms with E-state index in [2.05, 4.69) is 5.32 Å². The van der Waals surface area contributed by atoms with Crippen LogP contribution in [0.4, 0.5) is 5.69 Å². The van der Waals surface area contributed by atoms with Gasteiger partial charge in [0.05, 0.1) is 0 Å². The van der Waals surface area contributed by atoms with Crippen molar-refractivity contribution < 1.29 is 14.3 Å². The van der Waals surface area contributed by atoms with Crippen LogP contribution in [0.25, 0.3) is 0 Å². The molecule has 0 saturated heterocycles. The molecule has 4 nitrogen and oxygen atoms in total. The van der Waals surface area contributed by atoms with Crippen LogP contribution in [0.2, 0.25) is 0 Å². The van der Waals surface area contributed by atoms with Gasteiger partial charge in [0.2, 0.25) is 5.91 Å². The number of rotatable bonds is 4. The molecular formula is C13H17NO3. The van der Waals surface area contributed by atoms with E-state index in [0.717, 1.165) is 5.56 Å². The molecule has 0 heterocycles. The Morgan fingerprint density at radius 1 is 1.29 bits per heavy atom. The average molecular weight is 235 g/mol. The number of amides is 1. The van der Waals surface area contributed by atoms with E-state index >= 15 is 0 Å². The molecule has 0 saturated carbocycles. The molecule has 0 fully saturated rings. The third kappa shape index (κ3) is 4.26. The van der Waals surface area contributed by atoms with E-state index in [-0.39, 0.29) is 24.4 Å². The Morgan fingerprint density at radius 2 is 1.94 bits per heavy atom. The number of carbonyl (C=O) groups excluding carboxylic acids is 2. The molecule has 1 rings (SSSR count). The maximum atomic E-state index is 11.6. The van der Waals surface area contributed by atoms with Gasteiger partial charge in [-0.2, -0.15) is 0 Å². The molecule has 0 radical (unpaired) electrons. The molecule has 17 heavy (non-hydrogen) atoms. The summed E-state index contributed by atoms with van der Waals surface area (Å²) in [5.41, 5.74) is 1.48. The molecule has 1 aromatic carbocycles. The molecule has 0 bridgehead atoms. The minimum absolute atomic E-state index is 0.0553. The highest BCUT2D eigenvalue weighted by Crippen LogP contribution is 2.17. The van der Waals surface area contributed by atoms with Crippen LogP contribution in [0.15, 0.2) is 24.3 Å². The molecule has 1 N–H and O–H groups in total. The lowest BCUT2D eigenvalue weighted by Gasteiger charge is -2.12. The number of hydrogen-bond donors (Lipinski definition) is 1. The Kier molecular flexibility index (Phi) is 4.69. The van der Waals surface area contributed by atoms with Crippen molar-refractivity contribution in [1.82, 2.24) is 0 Å². The highest BCUT2D eigenvalue weighted by atomic mass is 16.5. The van der Waals surface area contributed by atoms with Gasteiger partial charge < -0.3 is 10.1 Å². The highest BCUT2D eigenvalue weighted by molar-refractivity contribution is 5.92. The Hall–Kier alpha value is -1.84. The molecule has 0 aromatic heterocycles. The van der Waals surface area contributed by atoms with E-state index in [0.29, 0.717) is 5.69 Å². The van der Waals surface area contributed by atoms with E-state index in [1.165, 1.54) is 6.92 Å². The van der Waals surface area contributed by atoms with Crippen LogP contribution in [0.1, 0.15) is 26.3 Å². The molecule has 1 aromatic rings. The second-order valence-electron chi connectivity index (χ2n) is 4.08. The van der Waals surface area contributed by atoms with Gasteiger partial charge in [0.25, 0.3) is 0 Å². The van der Waals surface area contributed by atoms with Crippen molar-refractivity contribution in [3.05, 3.63) is 29.8 Å².